The van der Waals surface area contributed by atoms with Crippen molar-refractivity contribution in [1.29, 1.82) is 0 Å². The fourth-order valence-electron chi connectivity index (χ4n) is 3.07. The summed E-state index contributed by atoms with van der Waals surface area (Å²) < 4.78 is 35.4. The van der Waals surface area contributed by atoms with E-state index in [0.29, 0.717) is 11.4 Å². The van der Waals surface area contributed by atoms with Crippen molar-refractivity contribution in [2.45, 2.75) is 63.2 Å². The van der Waals surface area contributed by atoms with E-state index in [-0.39, 0.29) is 5.75 Å². The number of halogens is 1. The maximum absolute atomic E-state index is 13.5. The number of alkyl halides is 1. The van der Waals surface area contributed by atoms with Crippen LogP contribution in [0.25, 0.3) is 0 Å². The van der Waals surface area contributed by atoms with E-state index in [0.717, 1.165) is 17.7 Å². The van der Waals surface area contributed by atoms with Gasteiger partial charge in [0.15, 0.2) is 6.23 Å². The summed E-state index contributed by atoms with van der Waals surface area (Å²) in [6, 6.07) is 0.0289. The van der Waals surface area contributed by atoms with Crippen molar-refractivity contribution < 1.29 is 38.0 Å². The number of aromatic nitrogens is 2. The number of H-pyrrole nitrogens is 1. The number of hydrogen-bond acceptors (Lipinski definition) is 11. The number of methoxy groups -OCH3 is 1. The lowest BCUT2D eigenvalue weighted by Gasteiger charge is -2.26. The molecular weight excluding hydrogens is 529 g/mol. The van der Waals surface area contributed by atoms with Gasteiger partial charge in [0.2, 0.25) is 0 Å². The van der Waals surface area contributed by atoms with Crippen molar-refractivity contribution in [3.63, 3.8) is 0 Å². The molecule has 6 atom stereocenters. The molecule has 2 rings (SSSR count). The molecule has 16 heteroatoms. The van der Waals surface area contributed by atoms with Crippen molar-refractivity contribution in [1.82, 2.24) is 14.6 Å². The molecule has 0 aliphatic carbocycles. The smallest absolute Gasteiger partial charge is 0.330 e. The Kier molecular flexibility index (Phi) is 10.2. The van der Waals surface area contributed by atoms with Crippen molar-refractivity contribution in [3.8, 4) is 0 Å². The number of ether oxygens (including phenoxy) is 3. The Bertz CT molecular complexity index is 1080. The summed E-state index contributed by atoms with van der Waals surface area (Å²) in [6.07, 6.45) is -2.99. The van der Waals surface area contributed by atoms with Gasteiger partial charge < -0.3 is 23.8 Å². The summed E-state index contributed by atoms with van der Waals surface area (Å²) >= 11 is 7.06. The predicted molar refractivity (Wildman–Crippen MR) is 127 cm³/mol. The fourth-order valence-corrected chi connectivity index (χ4v) is 6.83. The van der Waals surface area contributed by atoms with Crippen molar-refractivity contribution in [2.24, 2.45) is 0 Å². The van der Waals surface area contributed by atoms with E-state index in [1.165, 1.54) is 20.0 Å². The van der Waals surface area contributed by atoms with E-state index in [2.05, 4.69) is 14.8 Å². The normalized spacial score (nSPS) is 26.8. The highest BCUT2D eigenvalue weighted by atomic mass is 35.5. The van der Waals surface area contributed by atoms with Crippen LogP contribution in [0.4, 0.5) is 0 Å². The summed E-state index contributed by atoms with van der Waals surface area (Å²) in [5.41, 5.74) is -1.43. The number of carbonyl (C=O) groups is 2. The Morgan fingerprint density at radius 1 is 1.40 bits per heavy atom. The van der Waals surface area contributed by atoms with Gasteiger partial charge in [0.25, 0.3) is 5.56 Å². The number of nitrogens with zero attached hydrogens (tertiary/aromatic N) is 1. The van der Waals surface area contributed by atoms with Crippen LogP contribution in [0.1, 0.15) is 33.9 Å². The summed E-state index contributed by atoms with van der Waals surface area (Å²) in [7, 11) is 1.16. The van der Waals surface area contributed by atoms with Crippen LogP contribution in [-0.4, -0.2) is 75.3 Å². The molecule has 13 nitrogen and oxygen atoms in total. The molecule has 1 saturated heterocycles. The fraction of sp³-hybridized carbons (Fsp3) is 0.684. The van der Waals surface area contributed by atoms with E-state index in [9.17, 15) is 28.8 Å². The molecule has 0 spiro atoms. The van der Waals surface area contributed by atoms with Crippen LogP contribution >= 0.6 is 29.7 Å². The number of hydrogen-bond donors (Lipinski definition) is 3. The van der Waals surface area contributed by atoms with E-state index >= 15 is 0 Å². The summed E-state index contributed by atoms with van der Waals surface area (Å²) in [5.74, 6) is -1.73. The molecule has 1 fully saturated rings. The van der Waals surface area contributed by atoms with Crippen LogP contribution in [0.15, 0.2) is 21.9 Å². The lowest BCUT2D eigenvalue weighted by molar-refractivity contribution is -0.149. The average molecular weight is 558 g/mol. The molecule has 0 amide bonds. The second-order valence-electron chi connectivity index (χ2n) is 8.12. The van der Waals surface area contributed by atoms with Gasteiger partial charge in [0.1, 0.15) is 28.9 Å². The number of esters is 2. The highest BCUT2D eigenvalue weighted by molar-refractivity contribution is 8.56. The van der Waals surface area contributed by atoms with Gasteiger partial charge in [-0.2, -0.15) is 0 Å². The van der Waals surface area contributed by atoms with Gasteiger partial charge in [-0.1, -0.05) is 0 Å². The number of carbonyl (C=O) groups excluding carboxylic acids is 2. The molecule has 1 aliphatic heterocycles. The zero-order valence-electron chi connectivity index (χ0n) is 19.8. The lowest BCUT2D eigenvalue weighted by Crippen LogP contribution is -2.43. The monoisotopic (exact) mass is 557 g/mol. The Morgan fingerprint density at radius 3 is 2.63 bits per heavy atom. The molecule has 0 bridgehead atoms. The van der Waals surface area contributed by atoms with Gasteiger partial charge in [0, 0.05) is 12.3 Å². The molecule has 0 aromatic carbocycles. The molecule has 1 aromatic rings. The molecule has 1 aromatic heterocycles. The average Bonchev–Trinajstić information content (AvgIpc) is 2.99. The van der Waals surface area contributed by atoms with Crippen LogP contribution < -0.4 is 16.3 Å². The minimum absolute atomic E-state index is 0.358. The van der Waals surface area contributed by atoms with Crippen LogP contribution in [0.5, 0.6) is 0 Å². The first-order chi connectivity index (χ1) is 16.2. The highest BCUT2D eigenvalue weighted by Crippen LogP contribution is 2.57. The van der Waals surface area contributed by atoms with Crippen molar-refractivity contribution >= 4 is 41.6 Å². The van der Waals surface area contributed by atoms with E-state index in [1.807, 2.05) is 0 Å². The lowest BCUT2D eigenvalue weighted by atomic mass is 10.0. The van der Waals surface area contributed by atoms with Crippen LogP contribution in [0, 0.1) is 0 Å². The Morgan fingerprint density at radius 2 is 2.06 bits per heavy atom. The maximum Gasteiger partial charge on any atom is 0.330 e. The van der Waals surface area contributed by atoms with Gasteiger partial charge in [-0.05, 0) is 39.1 Å². The predicted octanol–water partition coefficient (Wildman–Crippen LogP) is 0.753. The Labute approximate surface area is 210 Å². The molecular formula is C19H29ClN3O10PS. The summed E-state index contributed by atoms with van der Waals surface area (Å²) in [5, 5.41) is 13.3. The van der Waals surface area contributed by atoms with E-state index < -0.39 is 72.0 Å². The van der Waals surface area contributed by atoms with Gasteiger partial charge in [0.05, 0.1) is 19.8 Å². The van der Waals surface area contributed by atoms with Crippen LogP contribution in [0.3, 0.4) is 0 Å². The highest BCUT2D eigenvalue weighted by Gasteiger charge is 2.54. The number of nitrogens with one attached hydrogen (secondary N) is 2. The Balaban J connectivity index is 2.19. The molecule has 2 unspecified atom stereocenters. The quantitative estimate of drug-likeness (QED) is 0.198. The first kappa shape index (κ1) is 29.6. The standard InChI is InChI=1S/C19H29ClN3O10PS/c1-10(2)32-16(27)11(3)22-34(29,35-9-14(25)30-5)31-8-12-15(26)19(4,20)17(33-12)23-7-6-13(24)21-18(23)28/h6-7,10-12,15,17,26H,8-9H2,1-5H3,(H,22,29)(H,21,24,28)/t11-,12-,15-,17?,19-,34?/m1/s1. The zero-order chi connectivity index (χ0) is 26.6. The van der Waals surface area contributed by atoms with Gasteiger partial charge >= 0.3 is 24.3 Å². The molecule has 0 saturated carbocycles. The van der Waals surface area contributed by atoms with Crippen molar-refractivity contribution in [3.05, 3.63) is 33.1 Å². The summed E-state index contributed by atoms with van der Waals surface area (Å²) in [4.78, 5) is 47.9. The molecule has 0 radical (unpaired) electrons. The largest absolute Gasteiger partial charge is 0.468 e. The van der Waals surface area contributed by atoms with Gasteiger partial charge in [-0.25, -0.2) is 9.88 Å². The second-order valence-corrected chi connectivity index (χ2v) is 13.2. The van der Waals surface area contributed by atoms with Crippen LogP contribution in [0.2, 0.25) is 0 Å². The second kappa shape index (κ2) is 12.0. The number of aliphatic hydroxyl groups excluding tert-OH is 1. The Hall–Kier alpha value is -1.67. The third-order valence-electron chi connectivity index (χ3n) is 4.87. The minimum Gasteiger partial charge on any atom is -0.468 e. The first-order valence-electron chi connectivity index (χ1n) is 10.5. The summed E-state index contributed by atoms with van der Waals surface area (Å²) in [6.45, 7) is 1.70. The maximum atomic E-state index is 13.5. The third-order valence-corrected chi connectivity index (χ3v) is 9.21. The molecule has 198 valence electrons. The number of aliphatic hydroxyl groups is 1. The minimum atomic E-state index is -3.95. The zero-order valence-corrected chi connectivity index (χ0v) is 22.2. The van der Waals surface area contributed by atoms with Crippen molar-refractivity contribution in [2.75, 3.05) is 19.5 Å². The van der Waals surface area contributed by atoms with Gasteiger partial charge in [-0.3, -0.25) is 28.5 Å². The van der Waals surface area contributed by atoms with E-state index in [4.69, 9.17) is 25.6 Å². The van der Waals surface area contributed by atoms with Crippen LogP contribution in [-0.2, 0) is 32.9 Å². The topological polar surface area (TPSA) is 175 Å². The molecule has 35 heavy (non-hydrogen) atoms. The first-order valence-corrected chi connectivity index (χ1v) is 14.1. The third kappa shape index (κ3) is 7.66. The molecule has 2 heterocycles. The molecule has 3 N–H and O–H groups in total. The number of aromatic amines is 1. The van der Waals surface area contributed by atoms with Gasteiger partial charge in [-0.15, -0.1) is 11.6 Å². The molecule has 1 aliphatic rings. The SMILES string of the molecule is COC(=O)CSP(=O)(N[C@H](C)C(=O)OC(C)C)OC[C@H]1OC(n2ccc(=O)[nH]c2=O)[C@](C)(Cl)[C@@H]1O. The number of rotatable bonds is 11. The van der Waals surface area contributed by atoms with E-state index in [1.54, 1.807) is 13.8 Å².